The van der Waals surface area contributed by atoms with Crippen LogP contribution in [0.25, 0.3) is 6.08 Å². The SMILES string of the molecule is O=C(c1ccc(N2CCC3(C=Cc4ccccc43)CC2)nn1)N1CCOC(c2ccccc2)C1. The van der Waals surface area contributed by atoms with Crippen LogP contribution in [0.15, 0.2) is 72.8 Å². The number of carbonyl (C=O) groups excluding carboxylic acids is 1. The minimum Gasteiger partial charge on any atom is -0.370 e. The van der Waals surface area contributed by atoms with E-state index in [9.17, 15) is 4.79 Å². The Morgan fingerprint density at radius 1 is 0.912 bits per heavy atom. The second-order valence-electron chi connectivity index (χ2n) is 9.36. The molecule has 0 N–H and O–H groups in total. The van der Waals surface area contributed by atoms with Gasteiger partial charge in [0.15, 0.2) is 11.5 Å². The van der Waals surface area contributed by atoms with E-state index >= 15 is 0 Å². The summed E-state index contributed by atoms with van der Waals surface area (Å²) in [5.74, 6) is 0.749. The largest absolute Gasteiger partial charge is 0.370 e. The molecule has 0 radical (unpaired) electrons. The van der Waals surface area contributed by atoms with E-state index in [4.69, 9.17) is 4.74 Å². The zero-order chi connectivity index (χ0) is 23.0. The molecule has 2 aliphatic heterocycles. The van der Waals surface area contributed by atoms with Gasteiger partial charge in [-0.1, -0.05) is 66.7 Å². The molecule has 2 aromatic carbocycles. The second-order valence-corrected chi connectivity index (χ2v) is 9.36. The van der Waals surface area contributed by atoms with Crippen LogP contribution in [0.2, 0.25) is 0 Å². The number of hydrogen-bond donors (Lipinski definition) is 0. The highest BCUT2D eigenvalue weighted by molar-refractivity contribution is 5.92. The fraction of sp³-hybridized carbons (Fsp3) is 0.321. The summed E-state index contributed by atoms with van der Waals surface area (Å²) in [4.78, 5) is 17.2. The lowest BCUT2D eigenvalue weighted by Gasteiger charge is -2.39. The third kappa shape index (κ3) is 3.78. The number of rotatable bonds is 3. The van der Waals surface area contributed by atoms with Crippen molar-refractivity contribution in [1.82, 2.24) is 15.1 Å². The lowest BCUT2D eigenvalue weighted by atomic mass is 9.74. The maximum Gasteiger partial charge on any atom is 0.274 e. The van der Waals surface area contributed by atoms with Crippen LogP contribution in [0.5, 0.6) is 0 Å². The van der Waals surface area contributed by atoms with E-state index in [1.165, 1.54) is 11.1 Å². The zero-order valence-electron chi connectivity index (χ0n) is 19.1. The third-order valence-electron chi connectivity index (χ3n) is 7.45. The maximum absolute atomic E-state index is 13.1. The molecule has 1 aromatic heterocycles. The number of aromatic nitrogens is 2. The summed E-state index contributed by atoms with van der Waals surface area (Å²) in [6.45, 7) is 3.44. The minimum atomic E-state index is -0.110. The van der Waals surface area contributed by atoms with Gasteiger partial charge in [-0.05, 0) is 41.7 Å². The summed E-state index contributed by atoms with van der Waals surface area (Å²) >= 11 is 0. The van der Waals surface area contributed by atoms with Crippen molar-refractivity contribution in [1.29, 1.82) is 0 Å². The second kappa shape index (κ2) is 8.69. The lowest BCUT2D eigenvalue weighted by molar-refractivity contribution is -0.0230. The Morgan fingerprint density at radius 3 is 2.50 bits per heavy atom. The molecule has 6 heteroatoms. The first-order chi connectivity index (χ1) is 16.7. The Morgan fingerprint density at radius 2 is 1.71 bits per heavy atom. The van der Waals surface area contributed by atoms with Gasteiger partial charge in [0, 0.05) is 25.0 Å². The van der Waals surface area contributed by atoms with Gasteiger partial charge in [0.25, 0.3) is 5.91 Å². The molecule has 2 fully saturated rings. The molecule has 34 heavy (non-hydrogen) atoms. The number of piperidine rings is 1. The van der Waals surface area contributed by atoms with E-state index < -0.39 is 0 Å². The van der Waals surface area contributed by atoms with E-state index in [2.05, 4.69) is 51.5 Å². The first kappa shape index (κ1) is 21.1. The van der Waals surface area contributed by atoms with Gasteiger partial charge in [0.05, 0.1) is 13.2 Å². The highest BCUT2D eigenvalue weighted by atomic mass is 16.5. The van der Waals surface area contributed by atoms with Crippen molar-refractivity contribution in [2.75, 3.05) is 37.7 Å². The standard InChI is InChI=1S/C28H28N4O2/c33-27(32-18-19-34-25(20-32)22-7-2-1-3-8-22)24-10-11-26(30-29-24)31-16-14-28(15-17-31)13-12-21-6-4-5-9-23(21)28/h1-13,25H,14-20H2. The van der Waals surface area contributed by atoms with Gasteiger partial charge in [-0.15, -0.1) is 10.2 Å². The number of anilines is 1. The molecule has 0 bridgehead atoms. The molecule has 1 atom stereocenters. The fourth-order valence-corrected chi connectivity index (χ4v) is 5.48. The summed E-state index contributed by atoms with van der Waals surface area (Å²) in [7, 11) is 0. The molecular weight excluding hydrogens is 424 g/mol. The van der Waals surface area contributed by atoms with E-state index in [0.717, 1.165) is 37.3 Å². The molecule has 3 aromatic rings. The summed E-state index contributed by atoms with van der Waals surface area (Å²) in [5.41, 5.74) is 4.40. The number of benzene rings is 2. The van der Waals surface area contributed by atoms with Crippen molar-refractivity contribution in [3.63, 3.8) is 0 Å². The molecule has 3 aliphatic rings. The molecule has 1 unspecified atom stereocenters. The Labute approximate surface area is 199 Å². The van der Waals surface area contributed by atoms with Gasteiger partial charge in [0.1, 0.15) is 6.10 Å². The third-order valence-corrected chi connectivity index (χ3v) is 7.45. The van der Waals surface area contributed by atoms with Crippen molar-refractivity contribution >= 4 is 17.8 Å². The number of allylic oxidation sites excluding steroid dienone is 1. The Hall–Kier alpha value is -3.51. The smallest absolute Gasteiger partial charge is 0.274 e. The van der Waals surface area contributed by atoms with Crippen molar-refractivity contribution in [2.24, 2.45) is 0 Å². The van der Waals surface area contributed by atoms with Crippen LogP contribution in [0.1, 0.15) is 46.1 Å². The first-order valence-corrected chi connectivity index (χ1v) is 12.1. The number of amides is 1. The van der Waals surface area contributed by atoms with Gasteiger partial charge in [-0.25, -0.2) is 0 Å². The average Bonchev–Trinajstić information content (AvgIpc) is 3.27. The van der Waals surface area contributed by atoms with Crippen molar-refractivity contribution < 1.29 is 9.53 Å². The molecule has 1 amide bonds. The average molecular weight is 453 g/mol. The van der Waals surface area contributed by atoms with Crippen LogP contribution in [0.4, 0.5) is 5.82 Å². The van der Waals surface area contributed by atoms with Crippen LogP contribution in [0, 0.1) is 0 Å². The highest BCUT2D eigenvalue weighted by Crippen LogP contribution is 2.44. The maximum atomic E-state index is 13.1. The molecule has 6 nitrogen and oxygen atoms in total. The van der Waals surface area contributed by atoms with Crippen LogP contribution in [-0.2, 0) is 10.2 Å². The van der Waals surface area contributed by atoms with E-state index in [-0.39, 0.29) is 17.4 Å². The molecule has 1 spiro atoms. The van der Waals surface area contributed by atoms with E-state index in [1.54, 1.807) is 0 Å². The number of carbonyl (C=O) groups is 1. The van der Waals surface area contributed by atoms with Crippen LogP contribution < -0.4 is 4.90 Å². The monoisotopic (exact) mass is 452 g/mol. The van der Waals surface area contributed by atoms with Gasteiger partial charge in [-0.3, -0.25) is 4.79 Å². The van der Waals surface area contributed by atoms with Gasteiger partial charge < -0.3 is 14.5 Å². The number of fused-ring (bicyclic) bond motifs is 2. The first-order valence-electron chi connectivity index (χ1n) is 12.1. The number of hydrogen-bond acceptors (Lipinski definition) is 5. The normalized spacial score (nSPS) is 21.0. The molecule has 1 aliphatic carbocycles. The zero-order valence-corrected chi connectivity index (χ0v) is 19.1. The highest BCUT2D eigenvalue weighted by Gasteiger charge is 2.38. The Bertz CT molecular complexity index is 1200. The number of nitrogens with zero attached hydrogens (tertiary/aromatic N) is 4. The molecule has 172 valence electrons. The fourth-order valence-electron chi connectivity index (χ4n) is 5.48. The summed E-state index contributed by atoms with van der Waals surface area (Å²) in [5, 5.41) is 8.75. The Kier molecular flexibility index (Phi) is 5.38. The number of ether oxygens (including phenoxy) is 1. The van der Waals surface area contributed by atoms with Gasteiger partial charge in [-0.2, -0.15) is 0 Å². The number of morpholine rings is 1. The lowest BCUT2D eigenvalue weighted by Crippen LogP contribution is -2.43. The summed E-state index contributed by atoms with van der Waals surface area (Å²) < 4.78 is 5.90. The molecule has 6 rings (SSSR count). The minimum absolute atomic E-state index is 0.0893. The Balaban J connectivity index is 1.11. The van der Waals surface area contributed by atoms with Crippen LogP contribution in [-0.4, -0.2) is 53.8 Å². The van der Waals surface area contributed by atoms with Crippen molar-refractivity contribution in [3.8, 4) is 0 Å². The summed E-state index contributed by atoms with van der Waals surface area (Å²) in [6, 6.07) is 22.5. The van der Waals surface area contributed by atoms with Gasteiger partial charge >= 0.3 is 0 Å². The van der Waals surface area contributed by atoms with Crippen molar-refractivity contribution in [3.05, 3.63) is 95.2 Å². The van der Waals surface area contributed by atoms with Crippen LogP contribution >= 0.6 is 0 Å². The molecule has 2 saturated heterocycles. The molecule has 3 heterocycles. The molecule has 0 saturated carbocycles. The quantitative estimate of drug-likeness (QED) is 0.595. The molecular formula is C28H28N4O2. The van der Waals surface area contributed by atoms with E-state index in [0.29, 0.717) is 25.4 Å². The van der Waals surface area contributed by atoms with E-state index in [1.807, 2.05) is 47.4 Å². The van der Waals surface area contributed by atoms with Crippen LogP contribution in [0.3, 0.4) is 0 Å². The van der Waals surface area contributed by atoms with Gasteiger partial charge in [0.2, 0.25) is 0 Å². The van der Waals surface area contributed by atoms with Crippen molar-refractivity contribution in [2.45, 2.75) is 24.4 Å². The summed E-state index contributed by atoms with van der Waals surface area (Å²) in [6.07, 6.45) is 6.64. The predicted octanol–water partition coefficient (Wildman–Crippen LogP) is 4.26. The predicted molar refractivity (Wildman–Crippen MR) is 132 cm³/mol. The topological polar surface area (TPSA) is 58.6 Å².